The van der Waals surface area contributed by atoms with Crippen LogP contribution in [0.5, 0.6) is 0 Å². The second-order valence-corrected chi connectivity index (χ2v) is 3.52. The van der Waals surface area contributed by atoms with E-state index in [1.165, 1.54) is 32.4 Å². The van der Waals surface area contributed by atoms with Crippen molar-refractivity contribution in [1.29, 1.82) is 5.26 Å². The number of hydrogen-bond donors (Lipinski definition) is 0. The topological polar surface area (TPSA) is 27.0 Å². The first-order valence-electron chi connectivity index (χ1n) is 4.99. The lowest BCUT2D eigenvalue weighted by Gasteiger charge is -2.32. The van der Waals surface area contributed by atoms with Crippen LogP contribution in [0.4, 0.5) is 0 Å². The highest BCUT2D eigenvalue weighted by Gasteiger charge is 2.18. The number of nitriles is 1. The van der Waals surface area contributed by atoms with E-state index in [4.69, 9.17) is 5.26 Å². The SMILES string of the molecule is CCC(CC#N)N1CCCCC1. The molecule has 0 radical (unpaired) electrons. The van der Waals surface area contributed by atoms with Gasteiger partial charge in [0.05, 0.1) is 12.5 Å². The maximum absolute atomic E-state index is 8.62. The van der Waals surface area contributed by atoms with Crippen molar-refractivity contribution in [1.82, 2.24) is 4.90 Å². The van der Waals surface area contributed by atoms with Gasteiger partial charge in [0, 0.05) is 6.04 Å². The number of likely N-dealkylation sites (tertiary alicyclic amines) is 1. The van der Waals surface area contributed by atoms with Gasteiger partial charge in [0.15, 0.2) is 0 Å². The standard InChI is InChI=1S/C10H18N2/c1-2-10(6-7-11)12-8-4-3-5-9-12/h10H,2-6,8-9H2,1H3. The van der Waals surface area contributed by atoms with Gasteiger partial charge in [-0.25, -0.2) is 0 Å². The molecule has 0 N–H and O–H groups in total. The fourth-order valence-electron chi connectivity index (χ4n) is 1.92. The van der Waals surface area contributed by atoms with E-state index < -0.39 is 0 Å². The fraction of sp³-hybridized carbons (Fsp3) is 0.900. The summed E-state index contributed by atoms with van der Waals surface area (Å²) in [6, 6.07) is 2.80. The van der Waals surface area contributed by atoms with Gasteiger partial charge in [-0.1, -0.05) is 13.3 Å². The molecule has 0 saturated carbocycles. The molecule has 1 saturated heterocycles. The Balaban J connectivity index is 2.36. The van der Waals surface area contributed by atoms with Crippen molar-refractivity contribution in [3.05, 3.63) is 0 Å². The summed E-state index contributed by atoms with van der Waals surface area (Å²) in [5.41, 5.74) is 0. The molecule has 0 amide bonds. The summed E-state index contributed by atoms with van der Waals surface area (Å²) in [7, 11) is 0. The average molecular weight is 166 g/mol. The van der Waals surface area contributed by atoms with Crippen LogP contribution < -0.4 is 0 Å². The van der Waals surface area contributed by atoms with Gasteiger partial charge < -0.3 is 0 Å². The third-order valence-corrected chi connectivity index (χ3v) is 2.71. The summed E-state index contributed by atoms with van der Waals surface area (Å²) in [5.74, 6) is 0. The molecule has 1 fully saturated rings. The summed E-state index contributed by atoms with van der Waals surface area (Å²) in [5, 5.41) is 8.62. The molecule has 0 aromatic heterocycles. The fourth-order valence-corrected chi connectivity index (χ4v) is 1.92. The van der Waals surface area contributed by atoms with Crippen LogP contribution in [-0.2, 0) is 0 Å². The van der Waals surface area contributed by atoms with E-state index in [1.54, 1.807) is 0 Å². The highest BCUT2D eigenvalue weighted by molar-refractivity contribution is 4.83. The lowest BCUT2D eigenvalue weighted by atomic mass is 10.0. The molecular weight excluding hydrogens is 148 g/mol. The Kier molecular flexibility index (Phi) is 4.10. The van der Waals surface area contributed by atoms with E-state index in [9.17, 15) is 0 Å². The summed E-state index contributed by atoms with van der Waals surface area (Å²) in [6.45, 7) is 4.59. The molecule has 1 aliphatic rings. The minimum absolute atomic E-state index is 0.523. The zero-order valence-electron chi connectivity index (χ0n) is 7.92. The molecular formula is C10H18N2. The number of nitrogens with zero attached hydrogens (tertiary/aromatic N) is 2. The molecule has 0 aromatic rings. The summed E-state index contributed by atoms with van der Waals surface area (Å²) in [6.07, 6.45) is 5.84. The maximum Gasteiger partial charge on any atom is 0.0638 e. The molecule has 0 spiro atoms. The Hall–Kier alpha value is -0.550. The minimum atomic E-state index is 0.523. The third-order valence-electron chi connectivity index (χ3n) is 2.71. The van der Waals surface area contributed by atoms with Gasteiger partial charge >= 0.3 is 0 Å². The summed E-state index contributed by atoms with van der Waals surface area (Å²) in [4.78, 5) is 2.48. The lowest BCUT2D eigenvalue weighted by molar-refractivity contribution is 0.161. The van der Waals surface area contributed by atoms with Crippen LogP contribution in [0.25, 0.3) is 0 Å². The predicted octanol–water partition coefficient (Wildman–Crippen LogP) is 2.16. The molecule has 68 valence electrons. The average Bonchev–Trinajstić information content (AvgIpc) is 2.15. The quantitative estimate of drug-likeness (QED) is 0.642. The van der Waals surface area contributed by atoms with E-state index >= 15 is 0 Å². The Morgan fingerprint density at radius 3 is 2.50 bits per heavy atom. The number of piperidine rings is 1. The van der Waals surface area contributed by atoms with Crippen LogP contribution in [-0.4, -0.2) is 24.0 Å². The Morgan fingerprint density at radius 2 is 2.00 bits per heavy atom. The van der Waals surface area contributed by atoms with Crippen molar-refractivity contribution in [3.63, 3.8) is 0 Å². The minimum Gasteiger partial charge on any atom is -0.299 e. The van der Waals surface area contributed by atoms with Crippen molar-refractivity contribution in [2.24, 2.45) is 0 Å². The van der Waals surface area contributed by atoms with Crippen molar-refractivity contribution < 1.29 is 0 Å². The van der Waals surface area contributed by atoms with E-state index in [1.807, 2.05) is 0 Å². The van der Waals surface area contributed by atoms with Crippen LogP contribution in [0, 0.1) is 11.3 Å². The predicted molar refractivity (Wildman–Crippen MR) is 49.7 cm³/mol. The van der Waals surface area contributed by atoms with Crippen LogP contribution in [0.3, 0.4) is 0 Å². The molecule has 0 aliphatic carbocycles. The number of rotatable bonds is 3. The molecule has 1 unspecified atom stereocenters. The van der Waals surface area contributed by atoms with Crippen molar-refractivity contribution in [2.45, 2.75) is 45.1 Å². The molecule has 1 heterocycles. The van der Waals surface area contributed by atoms with Crippen LogP contribution >= 0.6 is 0 Å². The van der Waals surface area contributed by atoms with Crippen molar-refractivity contribution >= 4 is 0 Å². The second kappa shape index (κ2) is 5.16. The van der Waals surface area contributed by atoms with Crippen molar-refractivity contribution in [3.8, 4) is 6.07 Å². The molecule has 0 aromatic carbocycles. The van der Waals surface area contributed by atoms with Gasteiger partial charge in [0.2, 0.25) is 0 Å². The summed E-state index contributed by atoms with van der Waals surface area (Å²) < 4.78 is 0. The molecule has 12 heavy (non-hydrogen) atoms. The maximum atomic E-state index is 8.62. The number of hydrogen-bond acceptors (Lipinski definition) is 2. The first-order chi connectivity index (χ1) is 5.88. The first-order valence-corrected chi connectivity index (χ1v) is 4.99. The van der Waals surface area contributed by atoms with Crippen LogP contribution in [0.15, 0.2) is 0 Å². The first kappa shape index (κ1) is 9.54. The highest BCUT2D eigenvalue weighted by Crippen LogP contribution is 2.15. The largest absolute Gasteiger partial charge is 0.299 e. The van der Waals surface area contributed by atoms with E-state index in [0.29, 0.717) is 12.5 Å². The smallest absolute Gasteiger partial charge is 0.0638 e. The van der Waals surface area contributed by atoms with Gasteiger partial charge in [0.1, 0.15) is 0 Å². The zero-order chi connectivity index (χ0) is 8.81. The van der Waals surface area contributed by atoms with E-state index in [0.717, 1.165) is 6.42 Å². The molecule has 0 bridgehead atoms. The monoisotopic (exact) mass is 166 g/mol. The summed E-state index contributed by atoms with van der Waals surface area (Å²) >= 11 is 0. The molecule has 1 aliphatic heterocycles. The molecule has 2 heteroatoms. The Labute approximate surface area is 75.2 Å². The highest BCUT2D eigenvalue weighted by atomic mass is 15.2. The zero-order valence-corrected chi connectivity index (χ0v) is 7.92. The Bertz CT molecular complexity index is 154. The van der Waals surface area contributed by atoms with Gasteiger partial charge in [-0.15, -0.1) is 0 Å². The third kappa shape index (κ3) is 2.49. The molecule has 1 atom stereocenters. The van der Waals surface area contributed by atoms with Gasteiger partial charge in [-0.2, -0.15) is 5.26 Å². The van der Waals surface area contributed by atoms with Crippen LogP contribution in [0.2, 0.25) is 0 Å². The van der Waals surface area contributed by atoms with Gasteiger partial charge in [-0.3, -0.25) is 4.90 Å². The van der Waals surface area contributed by atoms with Crippen molar-refractivity contribution in [2.75, 3.05) is 13.1 Å². The second-order valence-electron chi connectivity index (χ2n) is 3.52. The normalized spacial score (nSPS) is 21.7. The van der Waals surface area contributed by atoms with Gasteiger partial charge in [-0.05, 0) is 32.4 Å². The van der Waals surface area contributed by atoms with E-state index in [2.05, 4.69) is 17.9 Å². The van der Waals surface area contributed by atoms with Crippen LogP contribution in [0.1, 0.15) is 39.0 Å². The molecule has 1 rings (SSSR count). The van der Waals surface area contributed by atoms with Gasteiger partial charge in [0.25, 0.3) is 0 Å². The lowest BCUT2D eigenvalue weighted by Crippen LogP contribution is -2.38. The van der Waals surface area contributed by atoms with E-state index in [-0.39, 0.29) is 0 Å². The molecule has 2 nitrogen and oxygen atoms in total. The Morgan fingerprint density at radius 1 is 1.33 bits per heavy atom.